The first-order valence-electron chi connectivity index (χ1n) is 7.21. The van der Waals surface area contributed by atoms with Crippen LogP contribution in [0.5, 0.6) is 0 Å². The molecule has 0 aliphatic carbocycles. The Bertz CT molecular complexity index is 540. The zero-order chi connectivity index (χ0) is 14.9. The van der Waals surface area contributed by atoms with Gasteiger partial charge in [-0.3, -0.25) is 0 Å². The second kappa shape index (κ2) is 8.10. The van der Waals surface area contributed by atoms with Crippen LogP contribution in [0.3, 0.4) is 0 Å². The number of carbonyl (C=O) groups is 1. The van der Waals surface area contributed by atoms with E-state index in [1.54, 1.807) is 11.9 Å². The largest absolute Gasteiger partial charge is 0.445 e. The van der Waals surface area contributed by atoms with E-state index >= 15 is 0 Å². The van der Waals surface area contributed by atoms with E-state index in [2.05, 4.69) is 12.1 Å². The molecule has 0 heterocycles. The van der Waals surface area contributed by atoms with Crippen LogP contribution in [0.25, 0.3) is 0 Å². The first kappa shape index (κ1) is 15.1. The quantitative estimate of drug-likeness (QED) is 0.805. The predicted molar refractivity (Wildman–Crippen MR) is 84.0 cm³/mol. The van der Waals surface area contributed by atoms with Gasteiger partial charge in [-0.1, -0.05) is 60.7 Å². The number of hydrogen-bond acceptors (Lipinski definition) is 2. The van der Waals surface area contributed by atoms with Gasteiger partial charge < -0.3 is 9.64 Å². The lowest BCUT2D eigenvalue weighted by molar-refractivity contribution is 0.104. The van der Waals surface area contributed by atoms with Gasteiger partial charge in [0.25, 0.3) is 0 Å². The smallest absolute Gasteiger partial charge is 0.409 e. The van der Waals surface area contributed by atoms with Crippen LogP contribution in [-0.4, -0.2) is 24.6 Å². The average Bonchev–Trinajstić information content (AvgIpc) is 2.54. The minimum atomic E-state index is -0.271. The van der Waals surface area contributed by atoms with Crippen molar-refractivity contribution in [2.45, 2.75) is 19.4 Å². The average molecular weight is 283 g/mol. The van der Waals surface area contributed by atoms with Gasteiger partial charge in [-0.2, -0.15) is 0 Å². The van der Waals surface area contributed by atoms with Crippen molar-refractivity contribution in [2.24, 2.45) is 0 Å². The number of carbonyl (C=O) groups excluding carboxylic acids is 1. The van der Waals surface area contributed by atoms with Crippen molar-refractivity contribution in [3.8, 4) is 0 Å². The summed E-state index contributed by atoms with van der Waals surface area (Å²) in [6, 6.07) is 20.0. The molecule has 0 aromatic heterocycles. The molecular formula is C18H21NO2. The highest BCUT2D eigenvalue weighted by molar-refractivity contribution is 5.67. The number of rotatable bonds is 6. The molecule has 2 aromatic rings. The molecule has 0 N–H and O–H groups in total. The molecule has 2 rings (SSSR count). The Morgan fingerprint density at radius 1 is 0.952 bits per heavy atom. The van der Waals surface area contributed by atoms with Crippen LogP contribution in [0.15, 0.2) is 60.7 Å². The summed E-state index contributed by atoms with van der Waals surface area (Å²) in [6.45, 7) is 1.02. The van der Waals surface area contributed by atoms with Crippen LogP contribution in [-0.2, 0) is 17.8 Å². The predicted octanol–water partition coefficient (Wildman–Crippen LogP) is 3.89. The van der Waals surface area contributed by atoms with Gasteiger partial charge in [-0.25, -0.2) is 4.79 Å². The molecule has 0 bridgehead atoms. The molecule has 3 heteroatoms. The second-order valence-corrected chi connectivity index (χ2v) is 5.05. The van der Waals surface area contributed by atoms with Crippen molar-refractivity contribution >= 4 is 6.09 Å². The fourth-order valence-electron chi connectivity index (χ4n) is 2.09. The number of amides is 1. The van der Waals surface area contributed by atoms with Crippen molar-refractivity contribution in [3.05, 3.63) is 71.8 Å². The molecule has 0 aliphatic rings. The summed E-state index contributed by atoms with van der Waals surface area (Å²) in [6.07, 6.45) is 1.63. The Kier molecular flexibility index (Phi) is 5.83. The summed E-state index contributed by atoms with van der Waals surface area (Å²) in [4.78, 5) is 13.5. The van der Waals surface area contributed by atoms with Crippen molar-refractivity contribution in [1.82, 2.24) is 4.90 Å². The molecule has 110 valence electrons. The van der Waals surface area contributed by atoms with Gasteiger partial charge in [0.2, 0.25) is 0 Å². The molecule has 0 saturated carbocycles. The molecule has 0 spiro atoms. The summed E-state index contributed by atoms with van der Waals surface area (Å²) >= 11 is 0. The SMILES string of the molecule is CN(CCCc1ccccc1)C(=O)OCc1ccccc1. The third kappa shape index (κ3) is 5.30. The molecule has 2 aromatic carbocycles. The molecular weight excluding hydrogens is 262 g/mol. The van der Waals surface area contributed by atoms with Gasteiger partial charge in [-0.15, -0.1) is 0 Å². The molecule has 1 amide bonds. The Balaban J connectivity index is 1.68. The Morgan fingerprint density at radius 2 is 1.52 bits per heavy atom. The van der Waals surface area contributed by atoms with E-state index in [0.717, 1.165) is 18.4 Å². The van der Waals surface area contributed by atoms with E-state index in [9.17, 15) is 4.79 Å². The molecule has 21 heavy (non-hydrogen) atoms. The zero-order valence-electron chi connectivity index (χ0n) is 12.4. The minimum Gasteiger partial charge on any atom is -0.445 e. The number of benzene rings is 2. The first-order chi connectivity index (χ1) is 10.3. The summed E-state index contributed by atoms with van der Waals surface area (Å²) in [5.74, 6) is 0. The van der Waals surface area contributed by atoms with Crippen LogP contribution in [0.1, 0.15) is 17.5 Å². The Hall–Kier alpha value is -2.29. The van der Waals surface area contributed by atoms with Crippen molar-refractivity contribution in [2.75, 3.05) is 13.6 Å². The van der Waals surface area contributed by atoms with Crippen molar-refractivity contribution < 1.29 is 9.53 Å². The van der Waals surface area contributed by atoms with Gasteiger partial charge >= 0.3 is 6.09 Å². The Morgan fingerprint density at radius 3 is 2.14 bits per heavy atom. The summed E-state index contributed by atoms with van der Waals surface area (Å²) < 4.78 is 5.28. The molecule has 0 unspecified atom stereocenters. The fourth-order valence-corrected chi connectivity index (χ4v) is 2.09. The molecule has 0 aliphatic heterocycles. The maximum Gasteiger partial charge on any atom is 0.409 e. The van der Waals surface area contributed by atoms with Crippen LogP contribution in [0.2, 0.25) is 0 Å². The summed E-state index contributed by atoms with van der Waals surface area (Å²) in [5, 5.41) is 0. The van der Waals surface area contributed by atoms with E-state index in [4.69, 9.17) is 4.74 Å². The fraction of sp³-hybridized carbons (Fsp3) is 0.278. The number of ether oxygens (including phenoxy) is 1. The van der Waals surface area contributed by atoms with E-state index in [1.807, 2.05) is 48.5 Å². The molecule has 0 saturated heterocycles. The van der Waals surface area contributed by atoms with Gasteiger partial charge in [0.05, 0.1) is 0 Å². The van der Waals surface area contributed by atoms with Crippen molar-refractivity contribution in [3.63, 3.8) is 0 Å². The number of aryl methyl sites for hydroxylation is 1. The molecule has 3 nitrogen and oxygen atoms in total. The van der Waals surface area contributed by atoms with E-state index < -0.39 is 0 Å². The summed E-state index contributed by atoms with van der Waals surface area (Å²) in [7, 11) is 1.78. The maximum absolute atomic E-state index is 11.9. The van der Waals surface area contributed by atoms with Gasteiger partial charge in [0.1, 0.15) is 6.61 Å². The molecule has 0 atom stereocenters. The zero-order valence-corrected chi connectivity index (χ0v) is 12.4. The number of nitrogens with zero attached hydrogens (tertiary/aromatic N) is 1. The van der Waals surface area contributed by atoms with Gasteiger partial charge in [-0.05, 0) is 24.0 Å². The van der Waals surface area contributed by atoms with Gasteiger partial charge in [0, 0.05) is 13.6 Å². The monoisotopic (exact) mass is 283 g/mol. The Labute approximate surface area is 126 Å². The summed E-state index contributed by atoms with van der Waals surface area (Å²) in [5.41, 5.74) is 2.30. The van der Waals surface area contributed by atoms with Crippen molar-refractivity contribution in [1.29, 1.82) is 0 Å². The normalized spacial score (nSPS) is 10.1. The second-order valence-electron chi connectivity index (χ2n) is 5.05. The van der Waals surface area contributed by atoms with Crippen LogP contribution >= 0.6 is 0 Å². The van der Waals surface area contributed by atoms with Crippen LogP contribution < -0.4 is 0 Å². The third-order valence-electron chi connectivity index (χ3n) is 3.32. The van der Waals surface area contributed by atoms with Crippen LogP contribution in [0.4, 0.5) is 4.79 Å². The third-order valence-corrected chi connectivity index (χ3v) is 3.32. The highest BCUT2D eigenvalue weighted by Crippen LogP contribution is 2.05. The maximum atomic E-state index is 11.9. The molecule has 0 fully saturated rings. The van der Waals surface area contributed by atoms with Gasteiger partial charge in [0.15, 0.2) is 0 Å². The minimum absolute atomic E-state index is 0.271. The van der Waals surface area contributed by atoms with E-state index in [0.29, 0.717) is 13.2 Å². The lowest BCUT2D eigenvalue weighted by atomic mass is 10.1. The van der Waals surface area contributed by atoms with E-state index in [1.165, 1.54) is 5.56 Å². The lowest BCUT2D eigenvalue weighted by Gasteiger charge is -2.17. The number of hydrogen-bond donors (Lipinski definition) is 0. The lowest BCUT2D eigenvalue weighted by Crippen LogP contribution is -2.28. The standard InChI is InChI=1S/C18H21NO2/c1-19(14-8-13-16-9-4-2-5-10-16)18(20)21-15-17-11-6-3-7-12-17/h2-7,9-12H,8,13-15H2,1H3. The highest BCUT2D eigenvalue weighted by Gasteiger charge is 2.09. The van der Waals surface area contributed by atoms with E-state index in [-0.39, 0.29) is 6.09 Å². The highest BCUT2D eigenvalue weighted by atomic mass is 16.6. The molecule has 0 radical (unpaired) electrons. The van der Waals surface area contributed by atoms with Crippen LogP contribution in [0, 0.1) is 0 Å². The topological polar surface area (TPSA) is 29.5 Å². The first-order valence-corrected chi connectivity index (χ1v) is 7.21.